The molecule has 0 saturated heterocycles. The molecule has 8 heteroatoms. The van der Waals surface area contributed by atoms with Crippen molar-refractivity contribution in [2.45, 2.75) is 0 Å². The second-order valence-corrected chi connectivity index (χ2v) is 6.20. The van der Waals surface area contributed by atoms with Crippen molar-refractivity contribution in [1.29, 1.82) is 0 Å². The third kappa shape index (κ3) is 4.18. The Hall–Kier alpha value is -0.720. The molecule has 0 fully saturated rings. The highest BCUT2D eigenvalue weighted by Crippen LogP contribution is 2.38. The number of ether oxygens (including phenoxy) is 4. The summed E-state index contributed by atoms with van der Waals surface area (Å²) in [5, 5.41) is 0. The van der Waals surface area contributed by atoms with Crippen LogP contribution in [0.1, 0.15) is 0 Å². The van der Waals surface area contributed by atoms with E-state index in [1.807, 2.05) is 18.2 Å². The van der Waals surface area contributed by atoms with Crippen LogP contribution in [0.15, 0.2) is 24.4 Å². The van der Waals surface area contributed by atoms with Crippen molar-refractivity contribution < 1.29 is 18.9 Å². The largest absolute Gasteiger partial charge is 0.461 e. The number of nitrogens with zero attached hydrogens (tertiary/aromatic N) is 2. The van der Waals surface area contributed by atoms with Gasteiger partial charge in [0.2, 0.25) is 0 Å². The summed E-state index contributed by atoms with van der Waals surface area (Å²) in [4.78, 5) is 8.88. The molecule has 0 radical (unpaired) electrons. The molecule has 2 aromatic heterocycles. The average molecular weight is 528 g/mol. The van der Waals surface area contributed by atoms with Crippen molar-refractivity contribution in [2.24, 2.45) is 0 Å². The Balaban J connectivity index is 2.50. The van der Waals surface area contributed by atoms with Crippen molar-refractivity contribution in [3.05, 3.63) is 31.5 Å². The molecule has 0 aliphatic carbocycles. The number of pyridine rings is 2. The summed E-state index contributed by atoms with van der Waals surface area (Å²) in [6.45, 7) is 0.189. The highest BCUT2D eigenvalue weighted by Gasteiger charge is 2.21. The molecule has 0 amide bonds. The Bertz CT molecular complexity index is 626. The van der Waals surface area contributed by atoms with Crippen LogP contribution in [0.2, 0.25) is 0 Å². The van der Waals surface area contributed by atoms with Gasteiger partial charge in [0.15, 0.2) is 19.3 Å². The third-order valence-electron chi connectivity index (χ3n) is 2.55. The van der Waals surface area contributed by atoms with E-state index in [-0.39, 0.29) is 13.6 Å². The molecule has 0 bridgehead atoms. The van der Waals surface area contributed by atoms with Crippen molar-refractivity contribution in [1.82, 2.24) is 9.97 Å². The van der Waals surface area contributed by atoms with Crippen LogP contribution in [0.5, 0.6) is 11.6 Å². The lowest BCUT2D eigenvalue weighted by Crippen LogP contribution is -2.09. The Morgan fingerprint density at radius 1 is 1.00 bits per heavy atom. The lowest BCUT2D eigenvalue weighted by molar-refractivity contribution is 0.0290. The fourth-order valence-corrected chi connectivity index (χ4v) is 2.91. The zero-order valence-electron chi connectivity index (χ0n) is 12.0. The van der Waals surface area contributed by atoms with Crippen LogP contribution in [0.4, 0.5) is 0 Å². The van der Waals surface area contributed by atoms with Gasteiger partial charge in [0, 0.05) is 20.4 Å². The second kappa shape index (κ2) is 8.79. The van der Waals surface area contributed by atoms with Gasteiger partial charge in [-0.2, -0.15) is 0 Å². The summed E-state index contributed by atoms with van der Waals surface area (Å²) in [5.41, 5.74) is 1.51. The van der Waals surface area contributed by atoms with E-state index in [0.29, 0.717) is 11.6 Å². The Morgan fingerprint density at radius 2 is 1.73 bits per heavy atom. The molecule has 0 atom stereocenters. The van der Waals surface area contributed by atoms with E-state index < -0.39 is 0 Å². The maximum Gasteiger partial charge on any atom is 0.261 e. The topological polar surface area (TPSA) is 62.7 Å². The molecule has 0 spiro atoms. The maximum absolute atomic E-state index is 5.59. The molecule has 0 aromatic carbocycles. The molecule has 0 N–H and O–H groups in total. The van der Waals surface area contributed by atoms with E-state index >= 15 is 0 Å². The minimum absolute atomic E-state index is 0.0780. The fourth-order valence-electron chi connectivity index (χ4n) is 1.63. The van der Waals surface area contributed by atoms with Gasteiger partial charge in [-0.15, -0.1) is 0 Å². The number of aromatic nitrogens is 2. The standard InChI is InChI=1S/C14H14I2N2O4/c1-19-7-21-13-11(16)10(15)12(9-5-3-4-6-17-9)18-14(13)22-8-20-2/h3-6H,7-8H2,1-2H3. The molecule has 0 unspecified atom stereocenters. The molecule has 118 valence electrons. The zero-order chi connectivity index (χ0) is 15.9. The van der Waals surface area contributed by atoms with Crippen LogP contribution >= 0.6 is 45.2 Å². The lowest BCUT2D eigenvalue weighted by atomic mass is 10.2. The van der Waals surface area contributed by atoms with Crippen LogP contribution in [-0.2, 0) is 9.47 Å². The normalized spacial score (nSPS) is 10.5. The first-order chi connectivity index (χ1) is 10.7. The number of halogens is 2. The van der Waals surface area contributed by atoms with Crippen LogP contribution in [0, 0.1) is 7.14 Å². The van der Waals surface area contributed by atoms with Gasteiger partial charge >= 0.3 is 0 Å². The van der Waals surface area contributed by atoms with Crippen LogP contribution in [0.25, 0.3) is 11.4 Å². The molecule has 6 nitrogen and oxygen atoms in total. The predicted molar refractivity (Wildman–Crippen MR) is 97.9 cm³/mol. The molecule has 0 aliphatic heterocycles. The predicted octanol–water partition coefficient (Wildman–Crippen LogP) is 3.32. The van der Waals surface area contributed by atoms with E-state index in [1.165, 1.54) is 0 Å². The molecule has 0 saturated carbocycles. The monoisotopic (exact) mass is 528 g/mol. The summed E-state index contributed by atoms with van der Waals surface area (Å²) in [6, 6.07) is 5.67. The van der Waals surface area contributed by atoms with Gasteiger partial charge in [-0.1, -0.05) is 6.07 Å². The smallest absolute Gasteiger partial charge is 0.261 e. The first-order valence-corrected chi connectivity index (χ1v) is 8.38. The maximum atomic E-state index is 5.59. The Morgan fingerprint density at radius 3 is 2.36 bits per heavy atom. The summed E-state index contributed by atoms with van der Waals surface area (Å²) < 4.78 is 22.9. The quantitative estimate of drug-likeness (QED) is 0.407. The first kappa shape index (κ1) is 17.6. The number of hydrogen-bond acceptors (Lipinski definition) is 6. The van der Waals surface area contributed by atoms with Crippen molar-refractivity contribution in [3.8, 4) is 23.0 Å². The first-order valence-electron chi connectivity index (χ1n) is 6.23. The molecule has 2 rings (SSSR count). The van der Waals surface area contributed by atoms with Gasteiger partial charge in [-0.05, 0) is 57.3 Å². The number of rotatable bonds is 7. The average Bonchev–Trinajstić information content (AvgIpc) is 2.55. The summed E-state index contributed by atoms with van der Waals surface area (Å²) in [5.74, 6) is 0.882. The van der Waals surface area contributed by atoms with Crippen molar-refractivity contribution >= 4 is 45.2 Å². The van der Waals surface area contributed by atoms with Gasteiger partial charge in [-0.25, -0.2) is 4.98 Å². The number of methoxy groups -OCH3 is 2. The van der Waals surface area contributed by atoms with Crippen molar-refractivity contribution in [2.75, 3.05) is 27.8 Å². The molecule has 22 heavy (non-hydrogen) atoms. The Labute approximate surface area is 155 Å². The number of hydrogen-bond donors (Lipinski definition) is 0. The second-order valence-electron chi connectivity index (χ2n) is 4.04. The zero-order valence-corrected chi connectivity index (χ0v) is 16.3. The highest BCUT2D eigenvalue weighted by molar-refractivity contribution is 14.1. The summed E-state index contributed by atoms with van der Waals surface area (Å²) >= 11 is 4.42. The lowest BCUT2D eigenvalue weighted by Gasteiger charge is -2.15. The van der Waals surface area contributed by atoms with Gasteiger partial charge in [0.25, 0.3) is 5.88 Å². The minimum Gasteiger partial charge on any atom is -0.461 e. The Kier molecular flexibility index (Phi) is 7.05. The third-order valence-corrected chi connectivity index (χ3v) is 5.66. The SMILES string of the molecule is COCOc1nc(-c2ccccn2)c(I)c(I)c1OCOC. The minimum atomic E-state index is 0.0780. The van der Waals surface area contributed by atoms with Gasteiger partial charge < -0.3 is 18.9 Å². The summed E-state index contributed by atoms with van der Waals surface area (Å²) in [7, 11) is 3.11. The molecular formula is C14H14I2N2O4. The summed E-state index contributed by atoms with van der Waals surface area (Å²) in [6.07, 6.45) is 1.73. The molecule has 0 aliphatic rings. The molecular weight excluding hydrogens is 514 g/mol. The van der Waals surface area contributed by atoms with E-state index in [1.54, 1.807) is 20.4 Å². The van der Waals surface area contributed by atoms with E-state index in [0.717, 1.165) is 18.5 Å². The van der Waals surface area contributed by atoms with Crippen LogP contribution in [-0.4, -0.2) is 37.8 Å². The van der Waals surface area contributed by atoms with Gasteiger partial charge in [0.1, 0.15) is 5.69 Å². The van der Waals surface area contributed by atoms with Gasteiger partial charge in [-0.3, -0.25) is 4.98 Å². The van der Waals surface area contributed by atoms with E-state index in [4.69, 9.17) is 18.9 Å². The van der Waals surface area contributed by atoms with E-state index in [9.17, 15) is 0 Å². The van der Waals surface area contributed by atoms with Crippen LogP contribution < -0.4 is 9.47 Å². The van der Waals surface area contributed by atoms with E-state index in [2.05, 4.69) is 55.1 Å². The van der Waals surface area contributed by atoms with Crippen molar-refractivity contribution in [3.63, 3.8) is 0 Å². The molecule has 2 aromatic rings. The van der Waals surface area contributed by atoms with Gasteiger partial charge in [0.05, 0.1) is 12.8 Å². The van der Waals surface area contributed by atoms with Crippen LogP contribution in [0.3, 0.4) is 0 Å². The fraction of sp³-hybridized carbons (Fsp3) is 0.286. The highest BCUT2D eigenvalue weighted by atomic mass is 127. The molecule has 2 heterocycles.